The molecule has 0 radical (unpaired) electrons. The summed E-state index contributed by atoms with van der Waals surface area (Å²) >= 11 is 0. The van der Waals surface area contributed by atoms with Crippen LogP contribution in [-0.2, 0) is 37.5 Å². The number of piperidine rings is 1. The van der Waals surface area contributed by atoms with Crippen molar-refractivity contribution in [3.05, 3.63) is 64.9 Å². The van der Waals surface area contributed by atoms with Crippen molar-refractivity contribution < 1.29 is 27.3 Å². The molecule has 48 heavy (non-hydrogen) atoms. The van der Waals surface area contributed by atoms with E-state index in [4.69, 9.17) is 14.3 Å². The number of aromatic nitrogens is 1. The Kier molecular flexibility index (Phi) is 10.7. The van der Waals surface area contributed by atoms with Gasteiger partial charge in [-0.05, 0) is 62.8 Å². The number of unbranched alkanes of at least 4 members (excludes halogenated alkanes) is 1. The van der Waals surface area contributed by atoms with Crippen LogP contribution >= 0.6 is 0 Å². The number of amides is 2. The predicted octanol–water partition coefficient (Wildman–Crippen LogP) is 6.24. The first-order chi connectivity index (χ1) is 22.9. The molecule has 0 bridgehead atoms. The first-order valence-corrected chi connectivity index (χ1v) is 18.3. The summed E-state index contributed by atoms with van der Waals surface area (Å²) in [6.45, 7) is 13.2. The molecule has 0 saturated carbocycles. The lowest BCUT2D eigenvalue weighted by molar-refractivity contribution is -0.140. The van der Waals surface area contributed by atoms with Crippen LogP contribution in [0.25, 0.3) is 11.1 Å². The fourth-order valence-electron chi connectivity index (χ4n) is 6.41. The summed E-state index contributed by atoms with van der Waals surface area (Å²) in [5.74, 6) is 1.28. The van der Waals surface area contributed by atoms with Crippen molar-refractivity contribution in [1.82, 2.24) is 15.0 Å². The van der Waals surface area contributed by atoms with E-state index in [0.29, 0.717) is 61.5 Å². The first-order valence-electron chi connectivity index (χ1n) is 16.8. The van der Waals surface area contributed by atoms with E-state index < -0.39 is 15.6 Å². The van der Waals surface area contributed by atoms with E-state index >= 15 is 0 Å². The largest absolute Gasteiger partial charge is 0.377 e. The summed E-state index contributed by atoms with van der Waals surface area (Å²) in [7, 11) is -4.03. The van der Waals surface area contributed by atoms with Gasteiger partial charge < -0.3 is 14.2 Å². The van der Waals surface area contributed by atoms with Crippen molar-refractivity contribution in [2.75, 3.05) is 24.4 Å². The minimum atomic E-state index is -4.03. The fourth-order valence-corrected chi connectivity index (χ4v) is 7.69. The van der Waals surface area contributed by atoms with Crippen LogP contribution in [0.2, 0.25) is 0 Å². The number of hydrogen-bond donors (Lipinski definition) is 1. The van der Waals surface area contributed by atoms with Gasteiger partial charge in [0.1, 0.15) is 11.6 Å². The van der Waals surface area contributed by atoms with Gasteiger partial charge in [-0.3, -0.25) is 24.2 Å². The number of nitrogens with zero attached hydrogens (tertiary/aromatic N) is 4. The molecule has 1 N–H and O–H groups in total. The monoisotopic (exact) mass is 677 g/mol. The van der Waals surface area contributed by atoms with Gasteiger partial charge in [0, 0.05) is 36.6 Å². The minimum absolute atomic E-state index is 0.0468. The van der Waals surface area contributed by atoms with Crippen molar-refractivity contribution in [2.45, 2.75) is 97.2 Å². The van der Waals surface area contributed by atoms with Crippen LogP contribution in [0, 0.1) is 19.8 Å². The molecule has 2 aliphatic rings. The maximum atomic E-state index is 14.2. The topological polar surface area (TPSA) is 134 Å². The molecule has 0 aliphatic carbocycles. The van der Waals surface area contributed by atoms with Gasteiger partial charge in [0.25, 0.3) is 15.9 Å². The number of ether oxygens (including phenoxy) is 1. The average molecular weight is 678 g/mol. The number of hydrogen-bond acceptors (Lipinski definition) is 8. The number of nitrogens with one attached hydrogen (secondary N) is 1. The molecular formula is C36H47N5O6S. The van der Waals surface area contributed by atoms with Crippen molar-refractivity contribution >= 4 is 33.5 Å². The van der Waals surface area contributed by atoms with E-state index in [1.807, 2.05) is 39.0 Å². The molecule has 1 saturated heterocycles. The number of carbonyl (C=O) groups is 2. The Bertz CT molecular complexity index is 1800. The highest BCUT2D eigenvalue weighted by atomic mass is 32.2. The van der Waals surface area contributed by atoms with E-state index in [2.05, 4.69) is 16.8 Å². The Hall–Kier alpha value is -4.03. The lowest BCUT2D eigenvalue weighted by Crippen LogP contribution is -2.55. The van der Waals surface area contributed by atoms with Crippen LogP contribution in [0.15, 0.2) is 56.9 Å². The minimum Gasteiger partial charge on any atom is -0.377 e. The molecule has 1 aromatic heterocycles. The van der Waals surface area contributed by atoms with Gasteiger partial charge in [0.05, 0.1) is 24.6 Å². The third kappa shape index (κ3) is 7.19. The molecule has 5 rings (SSSR count). The lowest BCUT2D eigenvalue weighted by atomic mass is 9.88. The Morgan fingerprint density at radius 2 is 1.90 bits per heavy atom. The number of sulfonamides is 1. The average Bonchev–Trinajstić information content (AvgIpc) is 3.51. The first kappa shape index (κ1) is 35.3. The fraction of sp³-hybridized carbons (Fsp3) is 0.500. The van der Waals surface area contributed by atoms with Crippen LogP contribution in [-0.4, -0.2) is 66.3 Å². The zero-order valence-corrected chi connectivity index (χ0v) is 29.7. The lowest BCUT2D eigenvalue weighted by Gasteiger charge is -2.38. The Morgan fingerprint density at radius 3 is 2.58 bits per heavy atom. The summed E-state index contributed by atoms with van der Waals surface area (Å²) in [6, 6.07) is 12.6. The number of benzene rings is 2. The Labute approximate surface area is 283 Å². The van der Waals surface area contributed by atoms with E-state index in [0.717, 1.165) is 36.2 Å². The molecule has 1 spiro atoms. The summed E-state index contributed by atoms with van der Waals surface area (Å²) in [5.41, 5.74) is 2.56. The second-order valence-corrected chi connectivity index (χ2v) is 14.7. The Balaban J connectivity index is 1.48. The Morgan fingerprint density at radius 1 is 1.12 bits per heavy atom. The van der Waals surface area contributed by atoms with E-state index in [1.54, 1.807) is 47.9 Å². The number of aliphatic imine (C=N–C) groups is 1. The maximum absolute atomic E-state index is 14.2. The normalized spacial score (nSPS) is 18.2. The van der Waals surface area contributed by atoms with Gasteiger partial charge in [-0.15, -0.1) is 0 Å². The van der Waals surface area contributed by atoms with Crippen LogP contribution in [0.1, 0.15) is 82.2 Å². The highest BCUT2D eigenvalue weighted by molar-refractivity contribution is 7.92. The van der Waals surface area contributed by atoms with Crippen LogP contribution in [0.5, 0.6) is 0 Å². The van der Waals surface area contributed by atoms with Gasteiger partial charge in [0.2, 0.25) is 5.91 Å². The molecule has 2 aliphatic heterocycles. The predicted molar refractivity (Wildman–Crippen MR) is 185 cm³/mol. The molecule has 3 aromatic rings. The number of anilines is 1. The molecule has 3 heterocycles. The summed E-state index contributed by atoms with van der Waals surface area (Å²) in [5, 5.41) is 3.88. The van der Waals surface area contributed by atoms with E-state index in [9.17, 15) is 18.0 Å². The van der Waals surface area contributed by atoms with Gasteiger partial charge in [-0.1, -0.05) is 68.7 Å². The van der Waals surface area contributed by atoms with Crippen LogP contribution in [0.3, 0.4) is 0 Å². The smallest absolute Gasteiger partial charge is 0.263 e. The third-order valence-electron chi connectivity index (χ3n) is 9.16. The molecular weight excluding hydrogens is 630 g/mol. The maximum Gasteiger partial charge on any atom is 0.263 e. The molecule has 2 amide bonds. The van der Waals surface area contributed by atoms with Crippen molar-refractivity contribution in [2.24, 2.45) is 10.9 Å². The zero-order chi connectivity index (χ0) is 34.6. The second kappa shape index (κ2) is 14.6. The van der Waals surface area contributed by atoms with E-state index in [1.165, 1.54) is 0 Å². The molecule has 1 atom stereocenters. The molecule has 11 nitrogen and oxygen atoms in total. The molecule has 1 fully saturated rings. The summed E-state index contributed by atoms with van der Waals surface area (Å²) in [6.07, 6.45) is 3.87. The van der Waals surface area contributed by atoms with Crippen molar-refractivity contribution in [3.8, 4) is 11.1 Å². The van der Waals surface area contributed by atoms with Crippen LogP contribution < -0.4 is 4.72 Å². The van der Waals surface area contributed by atoms with Gasteiger partial charge in [-0.2, -0.15) is 0 Å². The standard InChI is InChI=1S/C36H47N5O6S/c1-7-9-15-32-37-36(18-12-19-40(23-36)34(42)24(3)4)35(43)41(32)21-27-16-17-29(28(20-27)22-46-8-2)30-13-10-11-14-31(30)48(44,45)39-33-25(5)26(6)47-38-33/h10-11,13-14,16-17,20,24H,7-9,12,15,18-19,21-23H2,1-6H3,(H,38,39)/t36-/m0/s1. The summed E-state index contributed by atoms with van der Waals surface area (Å²) in [4.78, 5) is 35.9. The zero-order valence-electron chi connectivity index (χ0n) is 28.8. The van der Waals surface area contributed by atoms with Gasteiger partial charge >= 0.3 is 0 Å². The van der Waals surface area contributed by atoms with Gasteiger partial charge in [-0.25, -0.2) is 8.42 Å². The quantitative estimate of drug-likeness (QED) is 0.226. The number of amidine groups is 1. The third-order valence-corrected chi connectivity index (χ3v) is 10.6. The van der Waals surface area contributed by atoms with E-state index in [-0.39, 0.29) is 35.1 Å². The van der Waals surface area contributed by atoms with Crippen molar-refractivity contribution in [1.29, 1.82) is 0 Å². The highest BCUT2D eigenvalue weighted by Gasteiger charge is 2.51. The highest BCUT2D eigenvalue weighted by Crippen LogP contribution is 2.37. The number of likely N-dealkylation sites (tertiary alicyclic amines) is 1. The molecule has 0 unspecified atom stereocenters. The second-order valence-electron chi connectivity index (χ2n) is 13.0. The SMILES string of the molecule is CCCCC1=N[C@]2(CCCN(C(=O)C(C)C)C2)C(=O)N1Cc1ccc(-c2ccccc2S(=O)(=O)Nc2noc(C)c2C)c(COCC)c1. The number of carbonyl (C=O) groups excluding carboxylic acids is 2. The number of rotatable bonds is 13. The van der Waals surface area contributed by atoms with Gasteiger partial charge in [0.15, 0.2) is 11.4 Å². The number of aryl methyl sites for hydroxylation is 1. The molecule has 2 aromatic carbocycles. The van der Waals surface area contributed by atoms with Crippen LogP contribution in [0.4, 0.5) is 5.82 Å². The molecule has 258 valence electrons. The molecule has 12 heteroatoms. The van der Waals surface area contributed by atoms with Crippen molar-refractivity contribution in [3.63, 3.8) is 0 Å². The summed E-state index contributed by atoms with van der Waals surface area (Å²) < 4.78 is 41.0.